The van der Waals surface area contributed by atoms with Gasteiger partial charge >= 0.3 is 0 Å². The highest BCUT2D eigenvalue weighted by atomic mass is 16.1. The van der Waals surface area contributed by atoms with E-state index in [1.807, 2.05) is 36.5 Å². The molecule has 4 aromatic rings. The summed E-state index contributed by atoms with van der Waals surface area (Å²) in [5, 5.41) is 18.6. The smallest absolute Gasteiger partial charge is 0.255 e. The minimum Gasteiger partial charge on any atom is -0.364 e. The molecule has 7 nitrogen and oxygen atoms in total. The van der Waals surface area contributed by atoms with Gasteiger partial charge in [-0.05, 0) is 91.2 Å². The van der Waals surface area contributed by atoms with Crippen molar-refractivity contribution < 1.29 is 4.79 Å². The molecule has 36 heavy (non-hydrogen) atoms. The highest BCUT2D eigenvalue weighted by Gasteiger charge is 2.18. The lowest BCUT2D eigenvalue weighted by atomic mass is 9.97. The number of carbonyl (C=O) groups excluding carboxylic acids is 1. The lowest BCUT2D eigenvalue weighted by molar-refractivity contribution is 0.102. The van der Waals surface area contributed by atoms with Crippen LogP contribution in [0.2, 0.25) is 0 Å². The lowest BCUT2D eigenvalue weighted by Crippen LogP contribution is -2.22. The average molecular weight is 483 g/mol. The summed E-state index contributed by atoms with van der Waals surface area (Å²) < 4.78 is 0. The molecule has 7 heteroatoms. The summed E-state index contributed by atoms with van der Waals surface area (Å²) in [4.78, 5) is 17.4. The fourth-order valence-corrected chi connectivity index (χ4v) is 5.05. The Labute approximate surface area is 212 Å². The first-order valence-electron chi connectivity index (χ1n) is 12.8. The van der Waals surface area contributed by atoms with Gasteiger partial charge in [-0.2, -0.15) is 5.10 Å². The molecule has 0 bridgehead atoms. The second-order valence-electron chi connectivity index (χ2n) is 9.98. The fraction of sp³-hybridized carbons (Fsp3) is 0.345. The van der Waals surface area contributed by atoms with Crippen molar-refractivity contribution in [1.82, 2.24) is 20.5 Å². The van der Waals surface area contributed by atoms with Crippen LogP contribution in [0, 0.1) is 6.92 Å². The van der Waals surface area contributed by atoms with E-state index in [9.17, 15) is 4.79 Å². The second kappa shape index (κ2) is 10.5. The monoisotopic (exact) mass is 482 g/mol. The van der Waals surface area contributed by atoms with Crippen molar-refractivity contribution in [3.8, 4) is 0 Å². The number of benzene rings is 2. The number of H-pyrrole nitrogens is 1. The Balaban J connectivity index is 1.28. The Hall–Kier alpha value is -3.71. The van der Waals surface area contributed by atoms with Gasteiger partial charge in [0.15, 0.2) is 11.5 Å². The highest BCUT2D eigenvalue weighted by Crippen LogP contribution is 2.26. The minimum atomic E-state index is -0.0913. The molecule has 1 atom stereocenters. The Kier molecular flexibility index (Phi) is 7.00. The molecule has 2 aromatic heterocycles. The Morgan fingerprint density at radius 1 is 1.14 bits per heavy atom. The van der Waals surface area contributed by atoms with Crippen LogP contribution in [-0.2, 0) is 12.8 Å². The fourth-order valence-electron chi connectivity index (χ4n) is 5.05. The summed E-state index contributed by atoms with van der Waals surface area (Å²) in [6, 6.07) is 16.5. The summed E-state index contributed by atoms with van der Waals surface area (Å²) in [6.45, 7) is 8.42. The molecule has 5 rings (SSSR count). The van der Waals surface area contributed by atoms with E-state index in [1.54, 1.807) is 0 Å². The highest BCUT2D eigenvalue weighted by molar-refractivity contribution is 6.04. The lowest BCUT2D eigenvalue weighted by Gasteiger charge is -2.13. The predicted molar refractivity (Wildman–Crippen MR) is 146 cm³/mol. The Morgan fingerprint density at radius 2 is 2.03 bits per heavy atom. The molecule has 2 aromatic carbocycles. The van der Waals surface area contributed by atoms with E-state index in [0.29, 0.717) is 17.5 Å². The maximum absolute atomic E-state index is 13.0. The molecule has 0 radical (unpaired) electrons. The van der Waals surface area contributed by atoms with Crippen LogP contribution in [-0.4, -0.2) is 40.2 Å². The number of pyridine rings is 1. The van der Waals surface area contributed by atoms with E-state index in [1.165, 1.54) is 16.7 Å². The second-order valence-corrected chi connectivity index (χ2v) is 9.98. The molecule has 1 aliphatic rings. The zero-order valence-corrected chi connectivity index (χ0v) is 21.2. The predicted octanol–water partition coefficient (Wildman–Crippen LogP) is 5.20. The van der Waals surface area contributed by atoms with Crippen LogP contribution in [0.5, 0.6) is 0 Å². The molecule has 0 saturated carbocycles. The number of rotatable bonds is 8. The number of carbonyl (C=O) groups is 1. The maximum Gasteiger partial charge on any atom is 0.255 e. The maximum atomic E-state index is 13.0. The molecule has 0 spiro atoms. The number of nitrogens with one attached hydrogen (secondary N) is 4. The van der Waals surface area contributed by atoms with Crippen molar-refractivity contribution in [3.63, 3.8) is 0 Å². The van der Waals surface area contributed by atoms with Crippen LogP contribution in [0.15, 0.2) is 54.7 Å². The Bertz CT molecular complexity index is 1370. The van der Waals surface area contributed by atoms with Gasteiger partial charge in [0, 0.05) is 30.0 Å². The third kappa shape index (κ3) is 5.26. The number of hydrogen-bond acceptors (Lipinski definition) is 5. The van der Waals surface area contributed by atoms with Crippen molar-refractivity contribution in [1.29, 1.82) is 0 Å². The van der Waals surface area contributed by atoms with Gasteiger partial charge < -0.3 is 16.0 Å². The van der Waals surface area contributed by atoms with E-state index < -0.39 is 0 Å². The van der Waals surface area contributed by atoms with E-state index in [-0.39, 0.29) is 5.91 Å². The molecule has 0 aliphatic carbocycles. The summed E-state index contributed by atoms with van der Waals surface area (Å²) >= 11 is 0. The van der Waals surface area contributed by atoms with Crippen molar-refractivity contribution >= 4 is 28.4 Å². The van der Waals surface area contributed by atoms with Gasteiger partial charge in [0.2, 0.25) is 0 Å². The van der Waals surface area contributed by atoms with Crippen LogP contribution in [0.3, 0.4) is 0 Å². The average Bonchev–Trinajstić information content (AvgIpc) is 3.53. The SMILES string of the molecule is Cc1cc(NC(=O)c2cccc(CCc3ccnc4[nH]nc(N[C@@H]5CCNC5)c34)c2)ccc1C(C)C. The molecular formula is C29H34N6O. The number of nitrogens with zero attached hydrogens (tertiary/aromatic N) is 2. The van der Waals surface area contributed by atoms with Gasteiger partial charge in [-0.25, -0.2) is 4.98 Å². The molecular weight excluding hydrogens is 448 g/mol. The first kappa shape index (κ1) is 24.0. The summed E-state index contributed by atoms with van der Waals surface area (Å²) in [5.74, 6) is 1.24. The molecule has 1 fully saturated rings. The summed E-state index contributed by atoms with van der Waals surface area (Å²) in [6.07, 6.45) is 4.56. The van der Waals surface area contributed by atoms with E-state index in [0.717, 1.165) is 60.5 Å². The van der Waals surface area contributed by atoms with Crippen molar-refractivity contribution in [2.45, 2.75) is 52.0 Å². The number of amides is 1. The zero-order valence-electron chi connectivity index (χ0n) is 21.2. The van der Waals surface area contributed by atoms with Crippen LogP contribution in [0.1, 0.15) is 58.8 Å². The minimum absolute atomic E-state index is 0.0913. The van der Waals surface area contributed by atoms with Gasteiger partial charge in [0.1, 0.15) is 0 Å². The number of hydrogen-bond donors (Lipinski definition) is 4. The third-order valence-electron chi connectivity index (χ3n) is 6.97. The quantitative estimate of drug-likeness (QED) is 0.277. The van der Waals surface area contributed by atoms with Crippen LogP contribution in [0.4, 0.5) is 11.5 Å². The molecule has 4 N–H and O–H groups in total. The van der Waals surface area contributed by atoms with E-state index in [4.69, 9.17) is 0 Å². The number of aromatic amines is 1. The number of anilines is 2. The van der Waals surface area contributed by atoms with E-state index in [2.05, 4.69) is 70.1 Å². The molecule has 1 aliphatic heterocycles. The molecule has 1 saturated heterocycles. The van der Waals surface area contributed by atoms with E-state index >= 15 is 0 Å². The number of aromatic nitrogens is 3. The summed E-state index contributed by atoms with van der Waals surface area (Å²) in [5.41, 5.74) is 7.09. The standard InChI is InChI=1S/C29H34N6O/c1-18(2)25-10-9-23(15-19(25)3)33-29(36)22-6-4-5-20(16-22)7-8-21-11-14-31-27-26(21)28(35-34-27)32-24-12-13-30-17-24/h4-6,9-11,14-16,18,24,30H,7-8,12-13,17H2,1-3H3,(H,33,36)(H2,31,32,34,35)/t24-/m1/s1. The van der Waals surface area contributed by atoms with Gasteiger partial charge in [0.25, 0.3) is 5.91 Å². The van der Waals surface area contributed by atoms with Gasteiger partial charge in [0.05, 0.1) is 5.39 Å². The molecule has 0 unspecified atom stereocenters. The van der Waals surface area contributed by atoms with Gasteiger partial charge in [-0.3, -0.25) is 9.89 Å². The Morgan fingerprint density at radius 3 is 2.81 bits per heavy atom. The van der Waals surface area contributed by atoms with Gasteiger partial charge in [-0.1, -0.05) is 32.0 Å². The normalized spacial score (nSPS) is 15.5. The largest absolute Gasteiger partial charge is 0.364 e. The van der Waals surface area contributed by atoms with Crippen LogP contribution in [0.25, 0.3) is 11.0 Å². The third-order valence-corrected chi connectivity index (χ3v) is 6.97. The van der Waals surface area contributed by atoms with Gasteiger partial charge in [-0.15, -0.1) is 0 Å². The topological polar surface area (TPSA) is 94.7 Å². The van der Waals surface area contributed by atoms with Crippen LogP contribution >= 0.6 is 0 Å². The van der Waals surface area contributed by atoms with Crippen molar-refractivity contribution in [3.05, 3.63) is 82.5 Å². The molecule has 3 heterocycles. The number of aryl methyl sites for hydroxylation is 3. The molecule has 1 amide bonds. The van der Waals surface area contributed by atoms with Crippen molar-refractivity contribution in [2.24, 2.45) is 0 Å². The first-order valence-corrected chi connectivity index (χ1v) is 12.8. The van der Waals surface area contributed by atoms with Crippen molar-refractivity contribution in [2.75, 3.05) is 23.7 Å². The first-order chi connectivity index (χ1) is 17.5. The summed E-state index contributed by atoms with van der Waals surface area (Å²) in [7, 11) is 0. The molecule has 186 valence electrons. The van der Waals surface area contributed by atoms with Crippen LogP contribution < -0.4 is 16.0 Å². The number of fused-ring (bicyclic) bond motifs is 1. The zero-order chi connectivity index (χ0) is 25.1.